The highest BCUT2D eigenvalue weighted by Gasteiger charge is 2.53. The van der Waals surface area contributed by atoms with Crippen molar-refractivity contribution in [2.24, 2.45) is 23.2 Å². The van der Waals surface area contributed by atoms with Gasteiger partial charge in [-0.2, -0.15) is 0 Å². The molecule has 4 aliphatic carbocycles. The predicted octanol–water partition coefficient (Wildman–Crippen LogP) is 4.04. The van der Waals surface area contributed by atoms with Crippen molar-refractivity contribution in [3.8, 4) is 11.5 Å². The van der Waals surface area contributed by atoms with E-state index in [4.69, 9.17) is 9.47 Å². The lowest BCUT2D eigenvalue weighted by atomic mass is 9.48. The minimum Gasteiger partial charge on any atom is -0.497 e. The molecule has 4 saturated carbocycles. The Morgan fingerprint density at radius 3 is 1.92 bits per heavy atom. The fourth-order valence-electron chi connectivity index (χ4n) is 6.08. The summed E-state index contributed by atoms with van der Waals surface area (Å²) in [7, 11) is 3.21. The first kappa shape index (κ1) is 16.7. The van der Waals surface area contributed by atoms with E-state index < -0.39 is 0 Å². The van der Waals surface area contributed by atoms with E-state index in [1.165, 1.54) is 38.5 Å². The Balaban J connectivity index is 1.51. The lowest BCUT2D eigenvalue weighted by Gasteiger charge is -2.59. The van der Waals surface area contributed by atoms with Crippen LogP contribution in [0.2, 0.25) is 0 Å². The van der Waals surface area contributed by atoms with Crippen molar-refractivity contribution in [3.63, 3.8) is 0 Å². The topological polar surface area (TPSA) is 47.6 Å². The summed E-state index contributed by atoms with van der Waals surface area (Å²) in [6.07, 6.45) is 8.15. The maximum absolute atomic E-state index is 12.9. The predicted molar refractivity (Wildman–Crippen MR) is 97.1 cm³/mol. The van der Waals surface area contributed by atoms with Gasteiger partial charge in [-0.25, -0.2) is 0 Å². The summed E-state index contributed by atoms with van der Waals surface area (Å²) in [5.41, 5.74) is 0.917. The largest absolute Gasteiger partial charge is 0.497 e. The Labute approximate surface area is 150 Å². The van der Waals surface area contributed by atoms with Gasteiger partial charge < -0.3 is 14.8 Å². The van der Waals surface area contributed by atoms with Crippen LogP contribution in [0.3, 0.4) is 0 Å². The van der Waals surface area contributed by atoms with Crippen molar-refractivity contribution in [1.29, 1.82) is 0 Å². The summed E-state index contributed by atoms with van der Waals surface area (Å²) in [6, 6.07) is 5.57. The molecule has 4 nitrogen and oxygen atoms in total. The highest BCUT2D eigenvalue weighted by molar-refractivity contribution is 5.95. The molecule has 4 fully saturated rings. The number of hydrogen-bond acceptors (Lipinski definition) is 3. The quantitative estimate of drug-likeness (QED) is 0.878. The van der Waals surface area contributed by atoms with Crippen LogP contribution in [0.4, 0.5) is 0 Å². The number of nitrogens with one attached hydrogen (secondary N) is 1. The van der Waals surface area contributed by atoms with Crippen LogP contribution in [0.15, 0.2) is 18.2 Å². The van der Waals surface area contributed by atoms with Gasteiger partial charge in [0, 0.05) is 17.7 Å². The van der Waals surface area contributed by atoms with E-state index >= 15 is 0 Å². The van der Waals surface area contributed by atoms with Crippen LogP contribution in [-0.4, -0.2) is 26.2 Å². The van der Waals surface area contributed by atoms with Crippen LogP contribution < -0.4 is 14.8 Å². The molecule has 1 amide bonds. The van der Waals surface area contributed by atoms with Crippen LogP contribution in [0.25, 0.3) is 0 Å². The maximum Gasteiger partial charge on any atom is 0.251 e. The van der Waals surface area contributed by atoms with Crippen LogP contribution in [0.1, 0.15) is 55.8 Å². The molecule has 1 aromatic carbocycles. The molecule has 136 valence electrons. The zero-order chi connectivity index (χ0) is 17.6. The minimum absolute atomic E-state index is 0.0274. The number of carbonyl (C=O) groups excluding carboxylic acids is 1. The van der Waals surface area contributed by atoms with Gasteiger partial charge in [0.05, 0.1) is 14.2 Å². The fraction of sp³-hybridized carbons (Fsp3) is 0.667. The second kappa shape index (κ2) is 6.22. The molecule has 4 heteroatoms. The number of methoxy groups -OCH3 is 2. The van der Waals surface area contributed by atoms with Crippen LogP contribution in [0.5, 0.6) is 11.5 Å². The first-order chi connectivity index (χ1) is 12.0. The molecular weight excluding hydrogens is 314 g/mol. The molecule has 25 heavy (non-hydrogen) atoms. The van der Waals surface area contributed by atoms with E-state index in [1.54, 1.807) is 32.4 Å². The first-order valence-corrected chi connectivity index (χ1v) is 9.55. The van der Waals surface area contributed by atoms with Gasteiger partial charge in [0.1, 0.15) is 11.5 Å². The van der Waals surface area contributed by atoms with Gasteiger partial charge in [0.25, 0.3) is 5.91 Å². The summed E-state index contributed by atoms with van der Waals surface area (Å²) < 4.78 is 10.6. The lowest BCUT2D eigenvalue weighted by molar-refractivity contribution is -0.0688. The maximum atomic E-state index is 12.9. The summed E-state index contributed by atoms with van der Waals surface area (Å²) in [5, 5.41) is 3.31. The zero-order valence-corrected chi connectivity index (χ0v) is 15.5. The van der Waals surface area contributed by atoms with Crippen LogP contribution in [-0.2, 0) is 0 Å². The summed E-state index contributed by atoms with van der Waals surface area (Å²) in [6.45, 7) is 2.21. The van der Waals surface area contributed by atoms with E-state index in [0.29, 0.717) is 22.5 Å². The van der Waals surface area contributed by atoms with Crippen LogP contribution >= 0.6 is 0 Å². The van der Waals surface area contributed by atoms with Gasteiger partial charge in [0.2, 0.25) is 0 Å². The normalized spacial score (nSPS) is 33.8. The highest BCUT2D eigenvalue weighted by atomic mass is 16.5. The number of amides is 1. The van der Waals surface area contributed by atoms with E-state index in [2.05, 4.69) is 12.2 Å². The molecule has 1 aromatic rings. The zero-order valence-electron chi connectivity index (χ0n) is 15.5. The number of ether oxygens (including phenoxy) is 2. The molecule has 0 spiro atoms. The average molecular weight is 343 g/mol. The SMILES string of the molecule is COc1cc(OC)cc(C(=O)N[C@H](C)C23CC4CC(CC(C4)C2)C3)c1. The van der Waals surface area contributed by atoms with Gasteiger partial charge in [-0.15, -0.1) is 0 Å². The molecule has 4 aliphatic rings. The highest BCUT2D eigenvalue weighted by Crippen LogP contribution is 2.61. The van der Waals surface area contributed by atoms with Gasteiger partial charge >= 0.3 is 0 Å². The van der Waals surface area contributed by atoms with Crippen molar-refractivity contribution < 1.29 is 14.3 Å². The van der Waals surface area contributed by atoms with Gasteiger partial charge in [0.15, 0.2) is 0 Å². The molecule has 0 unspecified atom stereocenters. The molecular formula is C21H29NO3. The Bertz CT molecular complexity index is 612. The number of carbonyl (C=O) groups is 1. The van der Waals surface area contributed by atoms with Gasteiger partial charge in [-0.3, -0.25) is 4.79 Å². The third-order valence-corrected chi connectivity index (χ3v) is 6.97. The van der Waals surface area contributed by atoms with Crippen molar-refractivity contribution in [2.75, 3.05) is 14.2 Å². The lowest BCUT2D eigenvalue weighted by Crippen LogP contribution is -2.55. The summed E-state index contributed by atoms with van der Waals surface area (Å²) >= 11 is 0. The molecule has 0 aromatic heterocycles. The molecule has 1 N–H and O–H groups in total. The molecule has 0 radical (unpaired) electrons. The Morgan fingerprint density at radius 1 is 1.00 bits per heavy atom. The standard InChI is InChI=1S/C21H29NO3/c1-13(21-10-14-4-15(11-21)6-16(5-14)12-21)22-20(23)17-7-18(24-2)9-19(8-17)25-3/h7-9,13-16H,4-6,10-12H2,1-3H3,(H,22,23)/t13-,14?,15?,16?,21?/m1/s1. The molecule has 0 aliphatic heterocycles. The van der Waals surface area contributed by atoms with Crippen molar-refractivity contribution in [2.45, 2.75) is 51.5 Å². The monoisotopic (exact) mass is 343 g/mol. The Morgan fingerprint density at radius 2 is 1.48 bits per heavy atom. The second-order valence-corrected chi connectivity index (χ2v) is 8.58. The smallest absolute Gasteiger partial charge is 0.251 e. The van der Waals surface area contributed by atoms with E-state index in [0.717, 1.165) is 17.8 Å². The molecule has 1 atom stereocenters. The van der Waals surface area contributed by atoms with Crippen LogP contribution in [0, 0.1) is 23.2 Å². The van der Waals surface area contributed by atoms with E-state index in [1.807, 2.05) is 0 Å². The number of rotatable bonds is 5. The third kappa shape index (κ3) is 3.00. The Hall–Kier alpha value is -1.71. The molecule has 4 bridgehead atoms. The Kier molecular flexibility index (Phi) is 4.17. The first-order valence-electron chi connectivity index (χ1n) is 9.55. The van der Waals surface area contributed by atoms with E-state index in [-0.39, 0.29) is 11.9 Å². The summed E-state index contributed by atoms with van der Waals surface area (Å²) in [4.78, 5) is 12.9. The van der Waals surface area contributed by atoms with Gasteiger partial charge in [-0.05, 0) is 80.8 Å². The fourth-order valence-corrected chi connectivity index (χ4v) is 6.08. The molecule has 5 rings (SSSR count). The summed E-state index contributed by atoms with van der Waals surface area (Å²) in [5.74, 6) is 3.94. The van der Waals surface area contributed by atoms with Crippen molar-refractivity contribution in [3.05, 3.63) is 23.8 Å². The molecule has 0 heterocycles. The number of benzene rings is 1. The number of hydrogen-bond donors (Lipinski definition) is 1. The van der Waals surface area contributed by atoms with E-state index in [9.17, 15) is 4.79 Å². The van der Waals surface area contributed by atoms with Gasteiger partial charge in [-0.1, -0.05) is 0 Å². The third-order valence-electron chi connectivity index (χ3n) is 6.97. The van der Waals surface area contributed by atoms with Crippen molar-refractivity contribution in [1.82, 2.24) is 5.32 Å². The average Bonchev–Trinajstić information content (AvgIpc) is 2.60. The minimum atomic E-state index is -0.0274. The second-order valence-electron chi connectivity index (χ2n) is 8.58. The molecule has 0 saturated heterocycles. The van der Waals surface area contributed by atoms with Crippen molar-refractivity contribution >= 4 is 5.91 Å².